The molecule has 9 nitrogen and oxygen atoms in total. The summed E-state index contributed by atoms with van der Waals surface area (Å²) in [6.07, 6.45) is 5.88. The second kappa shape index (κ2) is 8.74. The third kappa shape index (κ3) is 4.80. The Balaban J connectivity index is 1.86. The Morgan fingerprint density at radius 3 is 2.17 bits per heavy atom. The number of carbonyl (C=O) groups excluding carboxylic acids is 1. The highest BCUT2D eigenvalue weighted by atomic mass is 16.8. The van der Waals surface area contributed by atoms with Gasteiger partial charge in [-0.15, -0.1) is 0 Å². The first-order valence-electron chi connectivity index (χ1n) is 8.45. The summed E-state index contributed by atoms with van der Waals surface area (Å²) >= 11 is 0. The predicted molar refractivity (Wildman–Crippen MR) is 108 cm³/mol. The van der Waals surface area contributed by atoms with Crippen molar-refractivity contribution in [3.8, 4) is 0 Å². The molecule has 2 aromatic rings. The average molecular weight is 392 g/mol. The molecule has 0 bridgehead atoms. The van der Waals surface area contributed by atoms with Gasteiger partial charge >= 0.3 is 0 Å². The predicted octanol–water partition coefficient (Wildman–Crippen LogP) is 2.60. The second-order valence-corrected chi connectivity index (χ2v) is 5.95. The van der Waals surface area contributed by atoms with E-state index in [0.717, 1.165) is 5.56 Å². The van der Waals surface area contributed by atoms with Crippen LogP contribution in [0.25, 0.3) is 5.70 Å². The van der Waals surface area contributed by atoms with Gasteiger partial charge in [-0.05, 0) is 35.9 Å². The van der Waals surface area contributed by atoms with Gasteiger partial charge < -0.3 is 20.8 Å². The van der Waals surface area contributed by atoms with Gasteiger partial charge in [-0.1, -0.05) is 36.4 Å². The van der Waals surface area contributed by atoms with Gasteiger partial charge in [-0.3, -0.25) is 20.9 Å². The fourth-order valence-electron chi connectivity index (χ4n) is 2.62. The topological polar surface area (TPSA) is 137 Å². The molecule has 0 aliphatic heterocycles. The van der Waals surface area contributed by atoms with Crippen LogP contribution < -0.4 is 16.1 Å². The van der Waals surface area contributed by atoms with Crippen molar-refractivity contribution in [2.45, 2.75) is 0 Å². The third-order valence-corrected chi connectivity index (χ3v) is 4.06. The molecule has 2 aromatic carbocycles. The summed E-state index contributed by atoms with van der Waals surface area (Å²) < 4.78 is 0. The molecule has 0 radical (unpaired) electrons. The lowest BCUT2D eigenvalue weighted by molar-refractivity contribution is -0.377. The zero-order valence-electron chi connectivity index (χ0n) is 15.0. The molecule has 0 aromatic heterocycles. The van der Waals surface area contributed by atoms with Gasteiger partial charge in [0.2, 0.25) is 5.71 Å². The molecular weight excluding hydrogens is 376 g/mol. The van der Waals surface area contributed by atoms with Crippen molar-refractivity contribution in [1.82, 2.24) is 10.9 Å². The lowest BCUT2D eigenvalue weighted by Crippen LogP contribution is -2.36. The molecule has 1 aliphatic rings. The van der Waals surface area contributed by atoms with Crippen molar-refractivity contribution in [3.63, 3.8) is 0 Å². The van der Waals surface area contributed by atoms with E-state index in [4.69, 9.17) is 5.21 Å². The van der Waals surface area contributed by atoms with E-state index in [9.17, 15) is 20.4 Å². The van der Waals surface area contributed by atoms with Crippen LogP contribution in [0.15, 0.2) is 84.5 Å². The highest BCUT2D eigenvalue weighted by Gasteiger charge is 2.12. The van der Waals surface area contributed by atoms with Crippen molar-refractivity contribution < 1.29 is 14.9 Å². The Morgan fingerprint density at radius 1 is 0.897 bits per heavy atom. The van der Waals surface area contributed by atoms with E-state index in [-0.39, 0.29) is 22.2 Å². The van der Waals surface area contributed by atoms with Crippen LogP contribution in [0.5, 0.6) is 0 Å². The summed E-state index contributed by atoms with van der Waals surface area (Å²) in [6.45, 7) is 0. The molecule has 0 fully saturated rings. The van der Waals surface area contributed by atoms with Crippen LogP contribution in [-0.4, -0.2) is 21.7 Å². The van der Waals surface area contributed by atoms with Crippen molar-refractivity contribution in [2.24, 2.45) is 0 Å². The monoisotopic (exact) mass is 392 g/mol. The number of hydrogen-bond donors (Lipinski definition) is 3. The Hall–Kier alpha value is -4.08. The molecule has 3 rings (SSSR count). The van der Waals surface area contributed by atoms with E-state index in [1.54, 1.807) is 12.2 Å². The minimum Gasteiger partial charge on any atom is -0.733 e. The molecule has 0 unspecified atom stereocenters. The van der Waals surface area contributed by atoms with E-state index in [1.807, 2.05) is 30.3 Å². The smallest absolute Gasteiger partial charge is 0.269 e. The van der Waals surface area contributed by atoms with Crippen LogP contribution in [-0.2, 0) is 0 Å². The number of carbonyl (C=O) groups is 1. The standard InChI is InChI=1S/C20H16N4O5/c25-20(16-7-4-8-18(13-16)24(28)29)22-21-19(14-5-2-1-3-6-14)15-9-11-17(12-10-15)23(26)27/h1-13,21,28H,(H-,22,25,26,27)/q-2. The summed E-state index contributed by atoms with van der Waals surface area (Å²) in [5.41, 5.74) is 7.30. The molecule has 9 heteroatoms. The van der Waals surface area contributed by atoms with Gasteiger partial charge in [-0.2, -0.15) is 4.90 Å². The summed E-state index contributed by atoms with van der Waals surface area (Å²) in [6, 6.07) is 14.6. The van der Waals surface area contributed by atoms with Gasteiger partial charge in [0.15, 0.2) is 0 Å². The fraction of sp³-hybridized carbons (Fsp3) is 0. The number of anilines is 1. The Kier molecular flexibility index (Phi) is 5.93. The first kappa shape index (κ1) is 19.7. The maximum Gasteiger partial charge on any atom is 0.269 e. The average Bonchev–Trinajstić information content (AvgIpc) is 2.75. The fourth-order valence-corrected chi connectivity index (χ4v) is 2.62. The SMILES string of the molecule is O=C(NNC(=C1C=CC(=[N+]([O-])[O-])C=C1)c1ccccc1)c1cccc(N([O-])O)c1. The van der Waals surface area contributed by atoms with Gasteiger partial charge in [0.05, 0.1) is 11.4 Å². The second-order valence-electron chi connectivity index (χ2n) is 5.95. The lowest BCUT2D eigenvalue weighted by Gasteiger charge is -2.22. The normalized spacial score (nSPS) is 12.5. The van der Waals surface area contributed by atoms with Crippen molar-refractivity contribution in [3.05, 3.63) is 111 Å². The maximum absolute atomic E-state index is 12.5. The zero-order valence-corrected chi connectivity index (χ0v) is 15.0. The summed E-state index contributed by atoms with van der Waals surface area (Å²) in [5, 5.41) is 41.4. The molecule has 0 heterocycles. The molecule has 1 aliphatic carbocycles. The Bertz CT molecular complexity index is 1000. The molecular formula is C20H16N4O5-2. The molecule has 148 valence electrons. The van der Waals surface area contributed by atoms with E-state index >= 15 is 0 Å². The minimum absolute atomic E-state index is 0.0480. The molecule has 0 atom stereocenters. The zero-order chi connectivity index (χ0) is 20.8. The van der Waals surface area contributed by atoms with E-state index < -0.39 is 10.8 Å². The number of hydrazine groups is 1. The molecule has 0 saturated heterocycles. The van der Waals surface area contributed by atoms with Crippen LogP contribution in [0.4, 0.5) is 5.69 Å². The van der Waals surface area contributed by atoms with Crippen LogP contribution in [0.3, 0.4) is 0 Å². The largest absolute Gasteiger partial charge is 0.733 e. The van der Waals surface area contributed by atoms with Gasteiger partial charge in [0, 0.05) is 23.3 Å². The van der Waals surface area contributed by atoms with E-state index in [0.29, 0.717) is 11.3 Å². The summed E-state index contributed by atoms with van der Waals surface area (Å²) in [4.78, 5) is 12.0. The van der Waals surface area contributed by atoms with Crippen molar-refractivity contribution >= 4 is 23.0 Å². The van der Waals surface area contributed by atoms with Crippen LogP contribution >= 0.6 is 0 Å². The summed E-state index contributed by atoms with van der Waals surface area (Å²) in [5.74, 6) is -0.538. The van der Waals surface area contributed by atoms with Crippen LogP contribution in [0.2, 0.25) is 0 Å². The minimum atomic E-state index is -0.538. The Morgan fingerprint density at radius 2 is 1.55 bits per heavy atom. The number of benzene rings is 2. The number of rotatable bonds is 5. The highest BCUT2D eigenvalue weighted by Crippen LogP contribution is 2.20. The first-order chi connectivity index (χ1) is 14.0. The molecule has 0 spiro atoms. The van der Waals surface area contributed by atoms with Gasteiger partial charge in [-0.25, -0.2) is 0 Å². The van der Waals surface area contributed by atoms with E-state index in [2.05, 4.69) is 10.9 Å². The maximum atomic E-state index is 12.5. The molecule has 29 heavy (non-hydrogen) atoms. The highest BCUT2D eigenvalue weighted by molar-refractivity contribution is 6.03. The number of nitrogens with one attached hydrogen (secondary N) is 2. The van der Waals surface area contributed by atoms with Gasteiger partial charge in [0.1, 0.15) is 0 Å². The molecule has 0 saturated carbocycles. The van der Waals surface area contributed by atoms with E-state index in [1.165, 1.54) is 36.4 Å². The summed E-state index contributed by atoms with van der Waals surface area (Å²) in [7, 11) is 0. The quantitative estimate of drug-likeness (QED) is 0.525. The van der Waals surface area contributed by atoms with Crippen LogP contribution in [0, 0.1) is 15.6 Å². The number of allylic oxidation sites excluding steroid dienone is 5. The first-order valence-corrected chi connectivity index (χ1v) is 8.45. The number of nitrogens with zero attached hydrogens (tertiary/aromatic N) is 2. The van der Waals surface area contributed by atoms with Crippen molar-refractivity contribution in [2.75, 3.05) is 5.23 Å². The Labute approximate surface area is 165 Å². The number of hydrogen-bond acceptors (Lipinski definition) is 7. The van der Waals surface area contributed by atoms with Crippen LogP contribution in [0.1, 0.15) is 15.9 Å². The molecule has 3 N–H and O–H groups in total. The van der Waals surface area contributed by atoms with Crippen molar-refractivity contribution in [1.29, 1.82) is 0 Å². The number of amides is 1. The third-order valence-electron chi connectivity index (χ3n) is 4.06. The van der Waals surface area contributed by atoms with Gasteiger partial charge in [0.25, 0.3) is 5.91 Å². The molecule has 1 amide bonds. The lowest BCUT2D eigenvalue weighted by atomic mass is 10.0.